The number of hydrogen-bond acceptors (Lipinski definition) is 4. The minimum Gasteiger partial charge on any atom is -0.341 e. The number of hydrogen-bond donors (Lipinski definition) is 3. The molecule has 1 saturated heterocycles. The molecule has 0 aliphatic carbocycles. The number of likely N-dealkylation sites (tertiary alicyclic amines) is 1. The molecule has 7 heteroatoms. The van der Waals surface area contributed by atoms with Crippen molar-refractivity contribution < 1.29 is 9.59 Å². The number of piperidine rings is 1. The third kappa shape index (κ3) is 3.26. The highest BCUT2D eigenvalue weighted by Crippen LogP contribution is 2.15. The Bertz CT molecular complexity index is 733. The number of nitrogens with zero attached hydrogens (tertiary/aromatic N) is 2. The van der Waals surface area contributed by atoms with Crippen molar-refractivity contribution in [3.8, 4) is 0 Å². The maximum Gasteiger partial charge on any atom is 0.273 e. The van der Waals surface area contributed by atoms with Crippen LogP contribution in [0.4, 0.5) is 0 Å². The van der Waals surface area contributed by atoms with Crippen molar-refractivity contribution in [3.05, 3.63) is 30.0 Å². The van der Waals surface area contributed by atoms with E-state index in [4.69, 9.17) is 0 Å². The lowest BCUT2D eigenvalue weighted by Gasteiger charge is -2.33. The van der Waals surface area contributed by atoms with Gasteiger partial charge < -0.3 is 15.5 Å². The highest BCUT2D eigenvalue weighted by molar-refractivity contribution is 6.05. The molecule has 128 valence electrons. The van der Waals surface area contributed by atoms with Gasteiger partial charge in [-0.25, -0.2) is 0 Å². The number of carbonyl (C=O) groups excluding carboxylic acids is 2. The summed E-state index contributed by atoms with van der Waals surface area (Å²) >= 11 is 0. The van der Waals surface area contributed by atoms with Gasteiger partial charge in [0.1, 0.15) is 6.04 Å². The van der Waals surface area contributed by atoms with Gasteiger partial charge in [-0.1, -0.05) is 18.2 Å². The largest absolute Gasteiger partial charge is 0.341 e. The smallest absolute Gasteiger partial charge is 0.273 e. The fourth-order valence-electron chi connectivity index (χ4n) is 3.13. The molecule has 1 fully saturated rings. The van der Waals surface area contributed by atoms with Crippen molar-refractivity contribution in [2.45, 2.75) is 31.8 Å². The van der Waals surface area contributed by atoms with Crippen LogP contribution in [-0.4, -0.2) is 59.1 Å². The van der Waals surface area contributed by atoms with Crippen LogP contribution in [0.1, 0.15) is 30.3 Å². The number of para-hydroxylation sites is 1. The zero-order valence-electron chi connectivity index (χ0n) is 14.0. The normalized spacial score (nSPS) is 17.0. The highest BCUT2D eigenvalue weighted by Gasteiger charge is 2.27. The number of carbonyl (C=O) groups is 2. The van der Waals surface area contributed by atoms with Gasteiger partial charge in [0, 0.05) is 24.5 Å². The van der Waals surface area contributed by atoms with E-state index in [-0.39, 0.29) is 11.8 Å². The van der Waals surface area contributed by atoms with Gasteiger partial charge in [0.2, 0.25) is 5.91 Å². The molecule has 0 saturated carbocycles. The van der Waals surface area contributed by atoms with E-state index < -0.39 is 6.04 Å². The predicted octanol–water partition coefficient (Wildman–Crippen LogP) is 0.892. The van der Waals surface area contributed by atoms with E-state index in [0.29, 0.717) is 11.7 Å². The topological polar surface area (TPSA) is 90.1 Å². The van der Waals surface area contributed by atoms with Crippen molar-refractivity contribution in [3.63, 3.8) is 0 Å². The molecule has 2 amide bonds. The number of benzene rings is 1. The molecule has 0 bridgehead atoms. The molecule has 3 rings (SSSR count). The van der Waals surface area contributed by atoms with Crippen LogP contribution < -0.4 is 10.6 Å². The maximum atomic E-state index is 12.5. The molecule has 1 atom stereocenters. The van der Waals surface area contributed by atoms with E-state index in [9.17, 15) is 9.59 Å². The highest BCUT2D eigenvalue weighted by atomic mass is 16.2. The van der Waals surface area contributed by atoms with Crippen LogP contribution in [0.2, 0.25) is 0 Å². The van der Waals surface area contributed by atoms with Gasteiger partial charge in [0.25, 0.3) is 5.91 Å². The van der Waals surface area contributed by atoms with Gasteiger partial charge in [0.05, 0.1) is 5.52 Å². The van der Waals surface area contributed by atoms with E-state index in [1.165, 1.54) is 0 Å². The minimum absolute atomic E-state index is 0.0438. The second-order valence-corrected chi connectivity index (χ2v) is 6.20. The molecule has 0 spiro atoms. The second kappa shape index (κ2) is 7.00. The summed E-state index contributed by atoms with van der Waals surface area (Å²) in [6.45, 7) is 3.16. The zero-order chi connectivity index (χ0) is 17.1. The SMILES string of the molecule is CNC1CCN(C(=O)C(C)NC(=O)c2n[nH]c3ccccc23)CC1. The zero-order valence-corrected chi connectivity index (χ0v) is 14.0. The van der Waals surface area contributed by atoms with Crippen LogP contribution in [0.5, 0.6) is 0 Å². The van der Waals surface area contributed by atoms with Gasteiger partial charge in [-0.3, -0.25) is 14.7 Å². The van der Waals surface area contributed by atoms with E-state index in [1.54, 1.807) is 6.92 Å². The van der Waals surface area contributed by atoms with Crippen LogP contribution in [0.25, 0.3) is 10.9 Å². The molecular formula is C17H23N5O2. The lowest BCUT2D eigenvalue weighted by Crippen LogP contribution is -2.51. The number of rotatable bonds is 4. The first-order valence-electron chi connectivity index (χ1n) is 8.30. The Balaban J connectivity index is 1.63. The number of fused-ring (bicyclic) bond motifs is 1. The number of aromatic nitrogens is 2. The molecule has 1 aliphatic heterocycles. The molecule has 0 radical (unpaired) electrons. The Morgan fingerprint density at radius 2 is 2.00 bits per heavy atom. The van der Waals surface area contributed by atoms with Gasteiger partial charge in [-0.05, 0) is 32.9 Å². The van der Waals surface area contributed by atoms with Crippen LogP contribution in [0.15, 0.2) is 24.3 Å². The Morgan fingerprint density at radius 3 is 2.71 bits per heavy atom. The van der Waals surface area contributed by atoms with E-state index >= 15 is 0 Å². The van der Waals surface area contributed by atoms with E-state index in [1.807, 2.05) is 36.2 Å². The summed E-state index contributed by atoms with van der Waals surface area (Å²) in [5, 5.41) is 13.7. The van der Waals surface area contributed by atoms with Gasteiger partial charge in [-0.15, -0.1) is 0 Å². The first-order chi connectivity index (χ1) is 11.6. The lowest BCUT2D eigenvalue weighted by molar-refractivity contribution is -0.133. The summed E-state index contributed by atoms with van der Waals surface area (Å²) < 4.78 is 0. The average molecular weight is 329 g/mol. The molecule has 1 aromatic heterocycles. The second-order valence-electron chi connectivity index (χ2n) is 6.20. The Kier molecular flexibility index (Phi) is 4.80. The van der Waals surface area contributed by atoms with Crippen LogP contribution in [0, 0.1) is 0 Å². The monoisotopic (exact) mass is 329 g/mol. The lowest BCUT2D eigenvalue weighted by atomic mass is 10.0. The fraction of sp³-hybridized carbons (Fsp3) is 0.471. The molecular weight excluding hydrogens is 306 g/mol. The van der Waals surface area contributed by atoms with Gasteiger partial charge in [-0.2, -0.15) is 5.10 Å². The molecule has 7 nitrogen and oxygen atoms in total. The van der Waals surface area contributed by atoms with Crippen LogP contribution >= 0.6 is 0 Å². The first kappa shape index (κ1) is 16.4. The predicted molar refractivity (Wildman–Crippen MR) is 91.7 cm³/mol. The molecule has 3 N–H and O–H groups in total. The first-order valence-corrected chi connectivity index (χ1v) is 8.30. The van der Waals surface area contributed by atoms with Crippen molar-refractivity contribution in [2.24, 2.45) is 0 Å². The Hall–Kier alpha value is -2.41. The third-order valence-corrected chi connectivity index (χ3v) is 4.62. The third-order valence-electron chi connectivity index (χ3n) is 4.62. The number of H-pyrrole nitrogens is 1. The molecule has 1 unspecified atom stereocenters. The van der Waals surface area contributed by atoms with Crippen molar-refractivity contribution >= 4 is 22.7 Å². The molecule has 1 aromatic carbocycles. The molecule has 24 heavy (non-hydrogen) atoms. The summed E-state index contributed by atoms with van der Waals surface area (Å²) in [7, 11) is 1.94. The summed E-state index contributed by atoms with van der Waals surface area (Å²) in [6, 6.07) is 7.33. The molecule has 2 heterocycles. The van der Waals surface area contributed by atoms with Gasteiger partial charge in [0.15, 0.2) is 5.69 Å². The quantitative estimate of drug-likeness (QED) is 0.777. The summed E-state index contributed by atoms with van der Waals surface area (Å²) in [6.07, 6.45) is 1.87. The summed E-state index contributed by atoms with van der Waals surface area (Å²) in [5.41, 5.74) is 1.12. The number of nitrogens with one attached hydrogen (secondary N) is 3. The van der Waals surface area contributed by atoms with Gasteiger partial charge >= 0.3 is 0 Å². The standard InChI is InChI=1S/C17H23N5O2/c1-11(17(24)22-9-7-12(18-2)8-10-22)19-16(23)15-13-5-3-4-6-14(13)20-21-15/h3-6,11-12,18H,7-10H2,1-2H3,(H,19,23)(H,20,21). The Labute approximate surface area is 140 Å². The maximum absolute atomic E-state index is 12.5. The average Bonchev–Trinajstić information content (AvgIpc) is 3.05. The van der Waals surface area contributed by atoms with Crippen molar-refractivity contribution in [1.82, 2.24) is 25.7 Å². The fourth-order valence-corrected chi connectivity index (χ4v) is 3.13. The van der Waals surface area contributed by atoms with Crippen LogP contribution in [0.3, 0.4) is 0 Å². The number of amides is 2. The molecule has 2 aromatic rings. The summed E-state index contributed by atoms with van der Waals surface area (Å²) in [5.74, 6) is -0.379. The van der Waals surface area contributed by atoms with E-state index in [2.05, 4.69) is 20.8 Å². The van der Waals surface area contributed by atoms with Crippen molar-refractivity contribution in [2.75, 3.05) is 20.1 Å². The summed E-state index contributed by atoms with van der Waals surface area (Å²) in [4.78, 5) is 26.8. The van der Waals surface area contributed by atoms with E-state index in [0.717, 1.165) is 36.8 Å². The van der Waals surface area contributed by atoms with Crippen LogP contribution in [-0.2, 0) is 4.79 Å². The number of aromatic amines is 1. The minimum atomic E-state index is -0.570. The Morgan fingerprint density at radius 1 is 1.29 bits per heavy atom. The van der Waals surface area contributed by atoms with Crippen molar-refractivity contribution in [1.29, 1.82) is 0 Å². The molecule has 1 aliphatic rings.